The molecule has 0 fully saturated rings. The van der Waals surface area contributed by atoms with Crippen molar-refractivity contribution in [3.8, 4) is 5.75 Å². The highest BCUT2D eigenvalue weighted by atomic mass is 79.9. The molecule has 0 radical (unpaired) electrons. The van der Waals surface area contributed by atoms with Gasteiger partial charge in [0.15, 0.2) is 0 Å². The molecule has 0 saturated heterocycles. The van der Waals surface area contributed by atoms with Crippen molar-refractivity contribution in [3.05, 3.63) is 28.2 Å². The van der Waals surface area contributed by atoms with E-state index in [0.29, 0.717) is 5.75 Å². The molecule has 106 valence electrons. The van der Waals surface area contributed by atoms with E-state index in [1.807, 2.05) is 32.0 Å². The van der Waals surface area contributed by atoms with Crippen LogP contribution >= 0.6 is 15.9 Å². The normalized spacial score (nSPS) is 12.3. The molecule has 5 heteroatoms. The van der Waals surface area contributed by atoms with Gasteiger partial charge in [-0.05, 0) is 24.1 Å². The van der Waals surface area contributed by atoms with Gasteiger partial charge in [-0.2, -0.15) is 0 Å². The van der Waals surface area contributed by atoms with E-state index in [0.717, 1.165) is 10.0 Å². The van der Waals surface area contributed by atoms with E-state index in [1.54, 1.807) is 7.11 Å². The Morgan fingerprint density at radius 2 is 2.16 bits per heavy atom. The zero-order valence-corrected chi connectivity index (χ0v) is 13.0. The summed E-state index contributed by atoms with van der Waals surface area (Å²) >= 11 is 3.37. The van der Waals surface area contributed by atoms with Crippen LogP contribution in [0.4, 0.5) is 0 Å². The maximum Gasteiger partial charge on any atom is 0.224 e. The Labute approximate surface area is 122 Å². The molecule has 2 N–H and O–H groups in total. The van der Waals surface area contributed by atoms with Crippen LogP contribution in [-0.2, 0) is 11.2 Å². The summed E-state index contributed by atoms with van der Waals surface area (Å²) in [7, 11) is 1.58. The van der Waals surface area contributed by atoms with E-state index in [2.05, 4.69) is 21.2 Å². The Bertz CT molecular complexity index is 435. The molecule has 1 atom stereocenters. The SMILES string of the molecule is COc1ccc(Br)cc1CC(=O)NCC(O)C(C)C. The van der Waals surface area contributed by atoms with Crippen LogP contribution in [0.3, 0.4) is 0 Å². The topological polar surface area (TPSA) is 58.6 Å². The van der Waals surface area contributed by atoms with Crippen molar-refractivity contribution in [1.29, 1.82) is 0 Å². The lowest BCUT2D eigenvalue weighted by Crippen LogP contribution is -2.35. The first kappa shape index (κ1) is 16.0. The molecule has 0 aliphatic rings. The van der Waals surface area contributed by atoms with Crippen molar-refractivity contribution in [3.63, 3.8) is 0 Å². The number of ether oxygens (including phenoxy) is 1. The van der Waals surface area contributed by atoms with Crippen molar-refractivity contribution in [2.45, 2.75) is 26.4 Å². The standard InChI is InChI=1S/C14H20BrNO3/c1-9(2)12(17)8-16-14(18)7-10-6-11(15)4-5-13(10)19-3/h4-6,9,12,17H,7-8H2,1-3H3,(H,16,18). The van der Waals surface area contributed by atoms with Gasteiger partial charge in [-0.25, -0.2) is 0 Å². The smallest absolute Gasteiger partial charge is 0.224 e. The highest BCUT2D eigenvalue weighted by Gasteiger charge is 2.13. The van der Waals surface area contributed by atoms with Crippen LogP contribution in [0.1, 0.15) is 19.4 Å². The number of hydrogen-bond acceptors (Lipinski definition) is 3. The third kappa shape index (κ3) is 5.20. The molecule has 0 heterocycles. The molecule has 0 aliphatic heterocycles. The Kier molecular flexibility index (Phi) is 6.31. The molecule has 1 rings (SSSR count). The summed E-state index contributed by atoms with van der Waals surface area (Å²) in [5, 5.41) is 12.4. The third-order valence-corrected chi connectivity index (χ3v) is 3.36. The van der Waals surface area contributed by atoms with Crippen LogP contribution < -0.4 is 10.1 Å². The van der Waals surface area contributed by atoms with Gasteiger partial charge in [0, 0.05) is 16.6 Å². The molecule has 19 heavy (non-hydrogen) atoms. The number of benzene rings is 1. The molecule has 1 aromatic carbocycles. The first-order chi connectivity index (χ1) is 8.93. The molecular weight excluding hydrogens is 310 g/mol. The van der Waals surface area contributed by atoms with Crippen LogP contribution in [-0.4, -0.2) is 30.8 Å². The molecule has 0 bridgehead atoms. The minimum atomic E-state index is -0.520. The average molecular weight is 330 g/mol. The molecule has 0 spiro atoms. The Morgan fingerprint density at radius 1 is 1.47 bits per heavy atom. The second kappa shape index (κ2) is 7.50. The molecule has 1 aromatic rings. The first-order valence-corrected chi connectivity index (χ1v) is 7.00. The largest absolute Gasteiger partial charge is 0.496 e. The summed E-state index contributed by atoms with van der Waals surface area (Å²) in [5.74, 6) is 0.680. The van der Waals surface area contributed by atoms with Crippen molar-refractivity contribution >= 4 is 21.8 Å². The zero-order chi connectivity index (χ0) is 14.4. The lowest BCUT2D eigenvalue weighted by molar-refractivity contribution is -0.121. The highest BCUT2D eigenvalue weighted by Crippen LogP contribution is 2.23. The van der Waals surface area contributed by atoms with E-state index in [-0.39, 0.29) is 24.8 Å². The molecule has 4 nitrogen and oxygen atoms in total. The molecule has 1 unspecified atom stereocenters. The third-order valence-electron chi connectivity index (χ3n) is 2.87. The van der Waals surface area contributed by atoms with E-state index in [1.165, 1.54) is 0 Å². The maximum absolute atomic E-state index is 11.8. The number of methoxy groups -OCH3 is 1. The summed E-state index contributed by atoms with van der Waals surface area (Å²) in [6.07, 6.45) is -0.290. The number of amides is 1. The number of aliphatic hydroxyl groups excluding tert-OH is 1. The molecule has 0 aliphatic carbocycles. The fourth-order valence-corrected chi connectivity index (χ4v) is 1.98. The van der Waals surface area contributed by atoms with Crippen LogP contribution in [0, 0.1) is 5.92 Å². The maximum atomic E-state index is 11.8. The second-order valence-electron chi connectivity index (χ2n) is 4.75. The minimum Gasteiger partial charge on any atom is -0.496 e. The highest BCUT2D eigenvalue weighted by molar-refractivity contribution is 9.10. The quantitative estimate of drug-likeness (QED) is 0.840. The number of aliphatic hydroxyl groups is 1. The molecular formula is C14H20BrNO3. The first-order valence-electron chi connectivity index (χ1n) is 6.21. The van der Waals surface area contributed by atoms with Gasteiger partial charge in [0.05, 0.1) is 19.6 Å². The molecule has 0 aromatic heterocycles. The van der Waals surface area contributed by atoms with Gasteiger partial charge >= 0.3 is 0 Å². The van der Waals surface area contributed by atoms with E-state index in [4.69, 9.17) is 4.74 Å². The van der Waals surface area contributed by atoms with Crippen LogP contribution in [0.15, 0.2) is 22.7 Å². The summed E-state index contributed by atoms with van der Waals surface area (Å²) in [6, 6.07) is 5.54. The van der Waals surface area contributed by atoms with Gasteiger partial charge < -0.3 is 15.2 Å². The summed E-state index contributed by atoms with van der Waals surface area (Å²) < 4.78 is 6.12. The number of carbonyl (C=O) groups excluding carboxylic acids is 1. The number of rotatable bonds is 6. The van der Waals surface area contributed by atoms with Gasteiger partial charge in [-0.1, -0.05) is 29.8 Å². The van der Waals surface area contributed by atoms with E-state index in [9.17, 15) is 9.90 Å². The van der Waals surface area contributed by atoms with Crippen molar-refractivity contribution in [2.75, 3.05) is 13.7 Å². The van der Waals surface area contributed by atoms with Gasteiger partial charge in [0.2, 0.25) is 5.91 Å². The summed E-state index contributed by atoms with van der Waals surface area (Å²) in [5.41, 5.74) is 0.813. The molecule has 1 amide bonds. The van der Waals surface area contributed by atoms with Gasteiger partial charge in [-0.3, -0.25) is 4.79 Å². The lowest BCUT2D eigenvalue weighted by Gasteiger charge is -2.15. The van der Waals surface area contributed by atoms with Gasteiger partial charge in [-0.15, -0.1) is 0 Å². The average Bonchev–Trinajstić information content (AvgIpc) is 2.36. The molecule has 0 saturated carbocycles. The van der Waals surface area contributed by atoms with Crippen LogP contribution in [0.25, 0.3) is 0 Å². The second-order valence-corrected chi connectivity index (χ2v) is 5.66. The number of halogens is 1. The van der Waals surface area contributed by atoms with E-state index >= 15 is 0 Å². The number of hydrogen-bond donors (Lipinski definition) is 2. The zero-order valence-electron chi connectivity index (χ0n) is 11.4. The Balaban J connectivity index is 2.59. The predicted molar refractivity (Wildman–Crippen MR) is 78.3 cm³/mol. The fraction of sp³-hybridized carbons (Fsp3) is 0.500. The Morgan fingerprint density at radius 3 is 2.74 bits per heavy atom. The van der Waals surface area contributed by atoms with Crippen molar-refractivity contribution in [1.82, 2.24) is 5.32 Å². The summed E-state index contributed by atoms with van der Waals surface area (Å²) in [6.45, 7) is 4.09. The Hall–Kier alpha value is -1.07. The predicted octanol–water partition coefficient (Wildman–Crippen LogP) is 2.13. The van der Waals surface area contributed by atoms with Gasteiger partial charge in [0.1, 0.15) is 5.75 Å². The lowest BCUT2D eigenvalue weighted by atomic mass is 10.1. The van der Waals surface area contributed by atoms with E-state index < -0.39 is 6.10 Å². The number of carbonyl (C=O) groups is 1. The van der Waals surface area contributed by atoms with Crippen molar-refractivity contribution < 1.29 is 14.6 Å². The van der Waals surface area contributed by atoms with Gasteiger partial charge in [0.25, 0.3) is 0 Å². The van der Waals surface area contributed by atoms with Crippen LogP contribution in [0.5, 0.6) is 5.75 Å². The van der Waals surface area contributed by atoms with Crippen LogP contribution in [0.2, 0.25) is 0 Å². The van der Waals surface area contributed by atoms with Crippen molar-refractivity contribution in [2.24, 2.45) is 5.92 Å². The monoisotopic (exact) mass is 329 g/mol. The fourth-order valence-electron chi connectivity index (χ4n) is 1.57. The minimum absolute atomic E-state index is 0.126. The summed E-state index contributed by atoms with van der Waals surface area (Å²) in [4.78, 5) is 11.8. The number of nitrogens with one attached hydrogen (secondary N) is 1.